The Balaban J connectivity index is 1.49. The Bertz CT molecular complexity index is 913. The summed E-state index contributed by atoms with van der Waals surface area (Å²) in [4.78, 5) is 5.76. The number of aromatic amines is 1. The minimum atomic E-state index is -0.840. The molecule has 5 heteroatoms. The van der Waals surface area contributed by atoms with E-state index in [1.54, 1.807) is 7.11 Å². The number of nitrogens with one attached hydrogen (secondary N) is 1. The maximum Gasteiger partial charge on any atom is 0.124 e. The fourth-order valence-electron chi connectivity index (χ4n) is 3.88. The topological polar surface area (TPSA) is 48.5 Å². The highest BCUT2D eigenvalue weighted by molar-refractivity contribution is 6.36. The van der Waals surface area contributed by atoms with E-state index in [1.165, 1.54) is 0 Å². The highest BCUT2D eigenvalue weighted by atomic mass is 35.5. The molecule has 4 nitrogen and oxygen atoms in total. The van der Waals surface area contributed by atoms with Gasteiger partial charge in [0, 0.05) is 41.8 Å². The quantitative estimate of drug-likeness (QED) is 0.719. The molecule has 1 saturated heterocycles. The normalized spacial score (nSPS) is 17.5. The van der Waals surface area contributed by atoms with Gasteiger partial charge in [-0.1, -0.05) is 48.0 Å². The lowest BCUT2D eigenvalue weighted by Crippen LogP contribution is -2.42. The molecule has 2 aromatic carbocycles. The fourth-order valence-corrected chi connectivity index (χ4v) is 4.15. The second kappa shape index (κ2) is 6.95. The molecule has 2 heterocycles. The Labute approximate surface area is 158 Å². The lowest BCUT2D eigenvalue weighted by molar-refractivity contribution is -0.0294. The van der Waals surface area contributed by atoms with E-state index >= 15 is 0 Å². The van der Waals surface area contributed by atoms with Crippen molar-refractivity contribution in [2.24, 2.45) is 0 Å². The van der Waals surface area contributed by atoms with Crippen LogP contribution in [0, 0.1) is 0 Å². The van der Waals surface area contributed by atoms with Crippen molar-refractivity contribution in [2.75, 3.05) is 20.2 Å². The summed E-state index contributed by atoms with van der Waals surface area (Å²) < 4.78 is 5.44. The van der Waals surface area contributed by atoms with Crippen LogP contribution >= 0.6 is 11.6 Å². The third-order valence-electron chi connectivity index (χ3n) is 5.39. The number of rotatable bonds is 4. The minimum absolute atomic E-state index is 0.672. The lowest BCUT2D eigenvalue weighted by atomic mass is 9.84. The standard InChI is InChI=1S/C21H23ClN2O2/c1-26-19-9-5-3-7-16(19)21(25)10-12-24(13-11-21)14-18-20(22)15-6-2-4-8-17(15)23-18/h2-9,23,25H,10-14H2,1H3. The zero-order valence-electron chi connectivity index (χ0n) is 14.8. The summed E-state index contributed by atoms with van der Waals surface area (Å²) in [6.45, 7) is 2.37. The number of benzene rings is 2. The molecule has 136 valence electrons. The van der Waals surface area contributed by atoms with Crippen LogP contribution in [0.25, 0.3) is 10.9 Å². The second-order valence-corrected chi connectivity index (χ2v) is 7.35. The summed E-state index contributed by atoms with van der Waals surface area (Å²) in [5, 5.41) is 13.0. The van der Waals surface area contributed by atoms with Gasteiger partial charge >= 0.3 is 0 Å². The highest BCUT2D eigenvalue weighted by Crippen LogP contribution is 2.38. The van der Waals surface area contributed by atoms with E-state index in [-0.39, 0.29) is 0 Å². The molecule has 0 spiro atoms. The third kappa shape index (κ3) is 3.09. The number of methoxy groups -OCH3 is 1. The van der Waals surface area contributed by atoms with Crippen LogP contribution in [0.5, 0.6) is 5.75 Å². The zero-order chi connectivity index (χ0) is 18.1. The Morgan fingerprint density at radius 3 is 2.54 bits per heavy atom. The molecular formula is C21H23ClN2O2. The monoisotopic (exact) mass is 370 g/mol. The molecule has 0 saturated carbocycles. The maximum absolute atomic E-state index is 11.2. The van der Waals surface area contributed by atoms with Gasteiger partial charge in [0.05, 0.1) is 17.7 Å². The fraction of sp³-hybridized carbons (Fsp3) is 0.333. The summed E-state index contributed by atoms with van der Waals surface area (Å²) in [5.74, 6) is 0.752. The zero-order valence-corrected chi connectivity index (χ0v) is 15.6. The predicted octanol–water partition coefficient (Wildman–Crippen LogP) is 4.31. The predicted molar refractivity (Wildman–Crippen MR) is 105 cm³/mol. The Morgan fingerprint density at radius 2 is 1.81 bits per heavy atom. The van der Waals surface area contributed by atoms with Crippen molar-refractivity contribution in [3.8, 4) is 5.75 Å². The van der Waals surface area contributed by atoms with Crippen LogP contribution in [-0.2, 0) is 12.1 Å². The van der Waals surface area contributed by atoms with E-state index in [4.69, 9.17) is 16.3 Å². The van der Waals surface area contributed by atoms with Crippen LogP contribution in [0.4, 0.5) is 0 Å². The average Bonchev–Trinajstić information content (AvgIpc) is 2.99. The molecule has 1 aliphatic rings. The molecule has 1 fully saturated rings. The highest BCUT2D eigenvalue weighted by Gasteiger charge is 2.36. The number of H-pyrrole nitrogens is 1. The number of hydrogen-bond donors (Lipinski definition) is 2. The first-order valence-corrected chi connectivity index (χ1v) is 9.32. The van der Waals surface area contributed by atoms with Gasteiger partial charge in [-0.15, -0.1) is 0 Å². The van der Waals surface area contributed by atoms with Crippen molar-refractivity contribution >= 4 is 22.5 Å². The van der Waals surface area contributed by atoms with Crippen molar-refractivity contribution in [1.82, 2.24) is 9.88 Å². The molecular weight excluding hydrogens is 348 g/mol. The maximum atomic E-state index is 11.2. The van der Waals surface area contributed by atoms with Gasteiger partial charge in [-0.3, -0.25) is 4.90 Å². The number of ether oxygens (including phenoxy) is 1. The van der Waals surface area contributed by atoms with Gasteiger partial charge in [0.15, 0.2) is 0 Å². The van der Waals surface area contributed by atoms with Gasteiger partial charge in [0.25, 0.3) is 0 Å². The Hall–Kier alpha value is -2.01. The molecule has 1 aliphatic heterocycles. The molecule has 1 aromatic heterocycles. The van der Waals surface area contributed by atoms with Gasteiger partial charge in [-0.05, 0) is 25.0 Å². The van der Waals surface area contributed by atoms with Gasteiger partial charge in [-0.2, -0.15) is 0 Å². The number of likely N-dealkylation sites (tertiary alicyclic amines) is 1. The first kappa shape index (κ1) is 17.4. The van der Waals surface area contributed by atoms with E-state index in [2.05, 4.69) is 9.88 Å². The molecule has 0 unspecified atom stereocenters. The Morgan fingerprint density at radius 1 is 1.12 bits per heavy atom. The van der Waals surface area contributed by atoms with E-state index in [0.717, 1.165) is 52.6 Å². The van der Waals surface area contributed by atoms with E-state index in [1.807, 2.05) is 48.5 Å². The minimum Gasteiger partial charge on any atom is -0.496 e. The molecule has 26 heavy (non-hydrogen) atoms. The number of aliphatic hydroxyl groups is 1. The van der Waals surface area contributed by atoms with Gasteiger partial charge < -0.3 is 14.8 Å². The summed E-state index contributed by atoms with van der Waals surface area (Å²) in [5.41, 5.74) is 2.14. The number of hydrogen-bond acceptors (Lipinski definition) is 3. The smallest absolute Gasteiger partial charge is 0.124 e. The number of piperidine rings is 1. The molecule has 0 bridgehead atoms. The summed E-state index contributed by atoms with van der Waals surface area (Å²) >= 11 is 6.54. The SMILES string of the molecule is COc1ccccc1C1(O)CCN(Cc2[nH]c3ccccc3c2Cl)CC1. The molecule has 3 aromatic rings. The van der Waals surface area contributed by atoms with Crippen molar-refractivity contribution in [3.05, 3.63) is 64.8 Å². The van der Waals surface area contributed by atoms with Crippen LogP contribution < -0.4 is 4.74 Å². The summed E-state index contributed by atoms with van der Waals surface area (Å²) in [6.07, 6.45) is 1.34. The van der Waals surface area contributed by atoms with Crippen LogP contribution in [-0.4, -0.2) is 35.2 Å². The lowest BCUT2D eigenvalue weighted by Gasteiger charge is -2.39. The van der Waals surface area contributed by atoms with E-state index in [9.17, 15) is 5.11 Å². The van der Waals surface area contributed by atoms with E-state index in [0.29, 0.717) is 12.8 Å². The molecule has 0 amide bonds. The summed E-state index contributed by atoms with van der Waals surface area (Å²) in [7, 11) is 1.65. The molecule has 4 rings (SSSR count). The first-order valence-electron chi connectivity index (χ1n) is 8.94. The van der Waals surface area contributed by atoms with Crippen LogP contribution in [0.15, 0.2) is 48.5 Å². The molecule has 0 aliphatic carbocycles. The number of aromatic nitrogens is 1. The van der Waals surface area contributed by atoms with Gasteiger partial charge in [-0.25, -0.2) is 0 Å². The number of para-hydroxylation sites is 2. The molecule has 0 radical (unpaired) electrons. The third-order valence-corrected chi connectivity index (χ3v) is 5.82. The molecule has 0 atom stereocenters. The van der Waals surface area contributed by atoms with Gasteiger partial charge in [0.1, 0.15) is 5.75 Å². The summed E-state index contributed by atoms with van der Waals surface area (Å²) in [6, 6.07) is 15.8. The largest absolute Gasteiger partial charge is 0.496 e. The van der Waals surface area contributed by atoms with Crippen molar-refractivity contribution in [3.63, 3.8) is 0 Å². The van der Waals surface area contributed by atoms with Crippen LogP contribution in [0.2, 0.25) is 5.02 Å². The van der Waals surface area contributed by atoms with E-state index < -0.39 is 5.60 Å². The van der Waals surface area contributed by atoms with Crippen molar-refractivity contribution in [1.29, 1.82) is 0 Å². The van der Waals surface area contributed by atoms with Crippen LogP contribution in [0.3, 0.4) is 0 Å². The van der Waals surface area contributed by atoms with Crippen molar-refractivity contribution in [2.45, 2.75) is 25.0 Å². The average molecular weight is 371 g/mol. The van der Waals surface area contributed by atoms with Crippen LogP contribution in [0.1, 0.15) is 24.1 Å². The number of nitrogens with zero attached hydrogens (tertiary/aromatic N) is 1. The number of fused-ring (bicyclic) bond motifs is 1. The number of halogens is 1. The second-order valence-electron chi connectivity index (χ2n) is 6.97. The Kier molecular flexibility index (Phi) is 4.65. The first-order chi connectivity index (χ1) is 12.6. The van der Waals surface area contributed by atoms with Crippen molar-refractivity contribution < 1.29 is 9.84 Å². The van der Waals surface area contributed by atoms with Gasteiger partial charge in [0.2, 0.25) is 0 Å². The molecule has 2 N–H and O–H groups in total.